The average Bonchev–Trinajstić information content (AvgIpc) is 2.57. The number of halogens is 1. The molecule has 7 heteroatoms. The molecule has 0 aromatic heterocycles. The van der Waals surface area contributed by atoms with Gasteiger partial charge in [0.15, 0.2) is 0 Å². The standard InChI is InChI=1S/C18H22ClNO5/c1-4-6-14(22)25-18(2)16(23)13-10-20(3)11(7-5-8-21)9-12(13)15(19)17(18)24/h9-10,21H,4-8H2,1-3H3. The second kappa shape index (κ2) is 7.54. The average molecular weight is 368 g/mol. The topological polar surface area (TPSA) is 83.9 Å². The van der Waals surface area contributed by atoms with Crippen LogP contribution in [0, 0.1) is 0 Å². The van der Waals surface area contributed by atoms with Gasteiger partial charge in [-0.3, -0.25) is 14.4 Å². The molecule has 1 aliphatic carbocycles. The molecule has 1 heterocycles. The summed E-state index contributed by atoms with van der Waals surface area (Å²) in [6.45, 7) is 3.13. The van der Waals surface area contributed by atoms with Crippen molar-refractivity contribution in [2.24, 2.45) is 0 Å². The van der Waals surface area contributed by atoms with E-state index < -0.39 is 23.1 Å². The molecular weight excluding hydrogens is 346 g/mol. The zero-order chi connectivity index (χ0) is 18.8. The van der Waals surface area contributed by atoms with Crippen LogP contribution in [0.2, 0.25) is 0 Å². The Labute approximate surface area is 151 Å². The molecule has 25 heavy (non-hydrogen) atoms. The number of fused-ring (bicyclic) bond motifs is 1. The smallest absolute Gasteiger partial charge is 0.307 e. The van der Waals surface area contributed by atoms with Crippen molar-refractivity contribution in [3.8, 4) is 0 Å². The van der Waals surface area contributed by atoms with Gasteiger partial charge in [-0.1, -0.05) is 18.5 Å². The molecule has 1 aliphatic heterocycles. The predicted octanol–water partition coefficient (Wildman–Crippen LogP) is 2.22. The summed E-state index contributed by atoms with van der Waals surface area (Å²) in [6.07, 6.45) is 5.07. The Kier molecular flexibility index (Phi) is 5.85. The molecular formula is C18H22ClNO5. The van der Waals surface area contributed by atoms with Crippen LogP contribution in [0.5, 0.6) is 0 Å². The van der Waals surface area contributed by atoms with Gasteiger partial charge in [-0.25, -0.2) is 0 Å². The minimum atomic E-state index is -1.93. The number of hydrogen-bond acceptors (Lipinski definition) is 6. The number of nitrogens with zero attached hydrogens (tertiary/aromatic N) is 1. The van der Waals surface area contributed by atoms with Gasteiger partial charge in [0.1, 0.15) is 0 Å². The first-order chi connectivity index (χ1) is 11.8. The second-order valence-corrected chi connectivity index (χ2v) is 6.64. The highest BCUT2D eigenvalue weighted by atomic mass is 35.5. The van der Waals surface area contributed by atoms with E-state index in [1.54, 1.807) is 31.1 Å². The number of esters is 1. The van der Waals surface area contributed by atoms with Gasteiger partial charge in [0.2, 0.25) is 17.2 Å². The molecule has 0 spiro atoms. The van der Waals surface area contributed by atoms with Gasteiger partial charge >= 0.3 is 5.97 Å². The van der Waals surface area contributed by atoms with Crippen LogP contribution in [0.15, 0.2) is 34.2 Å². The van der Waals surface area contributed by atoms with Crippen molar-refractivity contribution >= 4 is 29.1 Å². The fourth-order valence-corrected chi connectivity index (χ4v) is 3.17. The first-order valence-electron chi connectivity index (χ1n) is 8.24. The molecule has 1 unspecified atom stereocenters. The van der Waals surface area contributed by atoms with Crippen LogP contribution in [-0.4, -0.2) is 46.8 Å². The zero-order valence-corrected chi connectivity index (χ0v) is 15.4. The summed E-state index contributed by atoms with van der Waals surface area (Å²) in [5.74, 6) is -1.90. The van der Waals surface area contributed by atoms with E-state index in [1.807, 2.05) is 0 Å². The van der Waals surface area contributed by atoms with Crippen LogP contribution in [0.4, 0.5) is 0 Å². The number of carbonyl (C=O) groups is 3. The molecule has 0 aromatic rings. The zero-order valence-electron chi connectivity index (χ0n) is 14.6. The number of aliphatic hydroxyl groups is 1. The molecule has 2 rings (SSSR count). The van der Waals surface area contributed by atoms with E-state index in [0.717, 1.165) is 5.70 Å². The maximum absolute atomic E-state index is 12.9. The molecule has 1 N–H and O–H groups in total. The Bertz CT molecular complexity index is 706. The summed E-state index contributed by atoms with van der Waals surface area (Å²) in [7, 11) is 1.77. The number of rotatable bonds is 6. The maximum atomic E-state index is 12.9. The summed E-state index contributed by atoms with van der Waals surface area (Å²) in [5, 5.41) is 8.87. The van der Waals surface area contributed by atoms with Gasteiger partial charge in [-0.2, -0.15) is 0 Å². The lowest BCUT2D eigenvalue weighted by Gasteiger charge is -2.35. The molecule has 6 nitrogen and oxygen atoms in total. The Balaban J connectivity index is 2.44. The van der Waals surface area contributed by atoms with E-state index in [0.29, 0.717) is 24.8 Å². The highest BCUT2D eigenvalue weighted by Gasteiger charge is 2.52. The molecule has 0 saturated heterocycles. The molecule has 0 bridgehead atoms. The second-order valence-electron chi connectivity index (χ2n) is 6.26. The molecule has 0 radical (unpaired) electrons. The molecule has 0 amide bonds. The van der Waals surface area contributed by atoms with Crippen molar-refractivity contribution in [3.05, 3.63) is 34.2 Å². The summed E-state index contributed by atoms with van der Waals surface area (Å²) in [5.41, 5.74) is -0.521. The van der Waals surface area contributed by atoms with E-state index >= 15 is 0 Å². The summed E-state index contributed by atoms with van der Waals surface area (Å²) in [4.78, 5) is 39.2. The quantitative estimate of drug-likeness (QED) is 0.572. The van der Waals surface area contributed by atoms with E-state index in [2.05, 4.69) is 0 Å². The first kappa shape index (κ1) is 19.4. The molecule has 2 aliphatic rings. The highest BCUT2D eigenvalue weighted by Crippen LogP contribution is 2.39. The molecule has 136 valence electrons. The summed E-state index contributed by atoms with van der Waals surface area (Å²) in [6, 6.07) is 0. The lowest BCUT2D eigenvalue weighted by atomic mass is 9.79. The van der Waals surface area contributed by atoms with Gasteiger partial charge in [0.05, 0.1) is 5.03 Å². The van der Waals surface area contributed by atoms with Gasteiger partial charge in [0.25, 0.3) is 0 Å². The SMILES string of the molecule is CCCC(=O)OC1(C)C(=O)C2=CN(C)C(CCCO)=CC2=C(Cl)C1=O. The third kappa shape index (κ3) is 3.55. The minimum absolute atomic E-state index is 0.0395. The summed E-state index contributed by atoms with van der Waals surface area (Å²) >= 11 is 6.23. The highest BCUT2D eigenvalue weighted by molar-refractivity contribution is 6.49. The van der Waals surface area contributed by atoms with Gasteiger partial charge < -0.3 is 14.7 Å². The normalized spacial score (nSPS) is 23.3. The number of ketones is 2. The first-order valence-corrected chi connectivity index (χ1v) is 8.61. The number of hydrogen-bond donors (Lipinski definition) is 1. The van der Waals surface area contributed by atoms with Crippen LogP contribution < -0.4 is 0 Å². The largest absolute Gasteiger partial charge is 0.442 e. The predicted molar refractivity (Wildman–Crippen MR) is 92.5 cm³/mol. The number of allylic oxidation sites excluding steroid dienone is 3. The van der Waals surface area contributed by atoms with Crippen molar-refractivity contribution in [3.63, 3.8) is 0 Å². The Morgan fingerprint density at radius 2 is 2.04 bits per heavy atom. The van der Waals surface area contributed by atoms with Crippen molar-refractivity contribution < 1.29 is 24.2 Å². The van der Waals surface area contributed by atoms with Crippen LogP contribution in [0.1, 0.15) is 39.5 Å². The Morgan fingerprint density at radius 1 is 1.36 bits per heavy atom. The third-order valence-electron chi connectivity index (χ3n) is 4.29. The van der Waals surface area contributed by atoms with Crippen LogP contribution in [-0.2, 0) is 19.1 Å². The fourth-order valence-electron chi connectivity index (χ4n) is 2.83. The van der Waals surface area contributed by atoms with Crippen LogP contribution >= 0.6 is 11.6 Å². The lowest BCUT2D eigenvalue weighted by molar-refractivity contribution is -0.169. The number of aliphatic hydroxyl groups excluding tert-OH is 1. The van der Waals surface area contributed by atoms with Crippen molar-refractivity contribution in [2.45, 2.75) is 45.1 Å². The van der Waals surface area contributed by atoms with E-state index in [1.165, 1.54) is 6.92 Å². The monoisotopic (exact) mass is 367 g/mol. The lowest BCUT2D eigenvalue weighted by Crippen LogP contribution is -2.52. The Morgan fingerprint density at radius 3 is 2.64 bits per heavy atom. The number of ether oxygens (including phenoxy) is 1. The minimum Gasteiger partial charge on any atom is -0.442 e. The van der Waals surface area contributed by atoms with E-state index in [4.69, 9.17) is 21.4 Å². The van der Waals surface area contributed by atoms with Crippen molar-refractivity contribution in [2.75, 3.05) is 13.7 Å². The van der Waals surface area contributed by atoms with Gasteiger partial charge in [-0.15, -0.1) is 0 Å². The van der Waals surface area contributed by atoms with Crippen molar-refractivity contribution in [1.29, 1.82) is 0 Å². The molecule has 0 fully saturated rings. The maximum Gasteiger partial charge on any atom is 0.307 e. The van der Waals surface area contributed by atoms with Gasteiger partial charge in [-0.05, 0) is 32.3 Å². The number of carbonyl (C=O) groups excluding carboxylic acids is 3. The van der Waals surface area contributed by atoms with E-state index in [9.17, 15) is 14.4 Å². The van der Waals surface area contributed by atoms with Crippen LogP contribution in [0.25, 0.3) is 0 Å². The van der Waals surface area contributed by atoms with Gasteiger partial charge in [0, 0.05) is 43.1 Å². The fraction of sp³-hybridized carbons (Fsp3) is 0.500. The summed E-state index contributed by atoms with van der Waals surface area (Å²) < 4.78 is 5.22. The third-order valence-corrected chi connectivity index (χ3v) is 4.66. The Hall–Kier alpha value is -1.92. The van der Waals surface area contributed by atoms with E-state index in [-0.39, 0.29) is 23.6 Å². The van der Waals surface area contributed by atoms with Crippen LogP contribution in [0.3, 0.4) is 0 Å². The molecule has 0 saturated carbocycles. The van der Waals surface area contributed by atoms with Crippen molar-refractivity contribution in [1.82, 2.24) is 4.90 Å². The number of Topliss-reactive ketones (excluding diaryl/α,β-unsaturated/α-hetero) is 2. The molecule has 0 aromatic carbocycles. The molecule has 1 atom stereocenters.